The normalized spacial score (nSPS) is 10.7. The van der Waals surface area contributed by atoms with Crippen LogP contribution in [0.25, 0.3) is 5.69 Å². The third-order valence-corrected chi connectivity index (χ3v) is 4.78. The molecule has 3 aromatic rings. The number of non-ortho nitro benzene ring substituents is 1. The molecule has 0 aliphatic carbocycles. The van der Waals surface area contributed by atoms with Crippen molar-refractivity contribution in [2.45, 2.75) is 19.0 Å². The molecule has 0 fully saturated rings. The van der Waals surface area contributed by atoms with E-state index in [1.54, 1.807) is 6.92 Å². The first-order valence-corrected chi connectivity index (χ1v) is 9.19. The number of nitrogens with zero attached hydrogens (tertiary/aromatic N) is 4. The molecule has 0 radical (unpaired) electrons. The highest BCUT2D eigenvalue weighted by atomic mass is 32.2. The quantitative estimate of drug-likeness (QED) is 0.384. The highest BCUT2D eigenvalue weighted by molar-refractivity contribution is 7.99. The molecule has 1 heterocycles. The number of carbonyl (C=O) groups excluding carboxylic acids is 1. The van der Waals surface area contributed by atoms with Gasteiger partial charge in [0.05, 0.1) is 16.4 Å². The number of amides is 1. The molecule has 0 aliphatic heterocycles. The van der Waals surface area contributed by atoms with Gasteiger partial charge in [0.25, 0.3) is 5.69 Å². The molecule has 0 atom stereocenters. The van der Waals surface area contributed by atoms with Crippen molar-refractivity contribution >= 4 is 29.0 Å². The second-order valence-corrected chi connectivity index (χ2v) is 6.90. The van der Waals surface area contributed by atoms with Gasteiger partial charge in [-0.2, -0.15) is 0 Å². The maximum atomic E-state index is 13.8. The first-order chi connectivity index (χ1) is 13.3. The third kappa shape index (κ3) is 4.34. The predicted octanol–water partition coefficient (Wildman–Crippen LogP) is 3.66. The standard InChI is InChI=1S/C18H16FN5O3S/c1-11-3-5-13(6-4-11)23-12(2)21-22-18(23)28-10-17(25)20-16-9-14(24(26)27)7-8-15(16)19/h3-9H,10H2,1-2H3,(H,20,25). The first-order valence-electron chi connectivity index (χ1n) is 8.21. The summed E-state index contributed by atoms with van der Waals surface area (Å²) < 4.78 is 15.6. The summed E-state index contributed by atoms with van der Waals surface area (Å²) in [6, 6.07) is 10.7. The molecule has 0 saturated heterocycles. The summed E-state index contributed by atoms with van der Waals surface area (Å²) in [5, 5.41) is 21.8. The van der Waals surface area contributed by atoms with Gasteiger partial charge in [-0.15, -0.1) is 10.2 Å². The second kappa shape index (κ2) is 8.17. The average Bonchev–Trinajstić information content (AvgIpc) is 3.03. The van der Waals surface area contributed by atoms with Gasteiger partial charge >= 0.3 is 0 Å². The zero-order chi connectivity index (χ0) is 20.3. The summed E-state index contributed by atoms with van der Waals surface area (Å²) in [6.07, 6.45) is 0. The van der Waals surface area contributed by atoms with Gasteiger partial charge in [-0.3, -0.25) is 19.5 Å². The van der Waals surface area contributed by atoms with Crippen molar-refractivity contribution in [2.75, 3.05) is 11.1 Å². The van der Waals surface area contributed by atoms with Crippen LogP contribution in [0.1, 0.15) is 11.4 Å². The monoisotopic (exact) mass is 401 g/mol. The Bertz CT molecular complexity index is 1040. The molecule has 8 nitrogen and oxygen atoms in total. The molecule has 0 unspecified atom stereocenters. The number of nitro groups is 1. The van der Waals surface area contributed by atoms with Crippen molar-refractivity contribution in [1.29, 1.82) is 0 Å². The largest absolute Gasteiger partial charge is 0.323 e. The minimum Gasteiger partial charge on any atom is -0.323 e. The predicted molar refractivity (Wildman–Crippen MR) is 103 cm³/mol. The zero-order valence-electron chi connectivity index (χ0n) is 15.0. The van der Waals surface area contributed by atoms with E-state index < -0.39 is 16.6 Å². The summed E-state index contributed by atoms with van der Waals surface area (Å²) in [5.74, 6) is -0.661. The van der Waals surface area contributed by atoms with Crippen LogP contribution >= 0.6 is 11.8 Å². The van der Waals surface area contributed by atoms with Gasteiger partial charge in [-0.1, -0.05) is 29.5 Å². The van der Waals surface area contributed by atoms with Crippen molar-refractivity contribution < 1.29 is 14.1 Å². The third-order valence-electron chi connectivity index (χ3n) is 3.85. The lowest BCUT2D eigenvalue weighted by atomic mass is 10.2. The molecule has 144 valence electrons. The summed E-state index contributed by atoms with van der Waals surface area (Å²) in [4.78, 5) is 22.3. The number of nitro benzene ring substituents is 1. The molecule has 3 rings (SSSR count). The number of nitrogens with one attached hydrogen (secondary N) is 1. The Balaban J connectivity index is 1.72. The van der Waals surface area contributed by atoms with Gasteiger partial charge in [0.15, 0.2) is 5.16 Å². The number of hydrogen-bond donors (Lipinski definition) is 1. The molecule has 2 aromatic carbocycles. The number of benzene rings is 2. The number of aromatic nitrogens is 3. The number of hydrogen-bond acceptors (Lipinski definition) is 6. The van der Waals surface area contributed by atoms with E-state index in [4.69, 9.17) is 0 Å². The minimum atomic E-state index is -0.748. The van der Waals surface area contributed by atoms with Crippen LogP contribution in [-0.2, 0) is 4.79 Å². The summed E-state index contributed by atoms with van der Waals surface area (Å²) in [7, 11) is 0. The highest BCUT2D eigenvalue weighted by Crippen LogP contribution is 2.24. The van der Waals surface area contributed by atoms with Gasteiger partial charge in [-0.25, -0.2) is 4.39 Å². The highest BCUT2D eigenvalue weighted by Gasteiger charge is 2.16. The van der Waals surface area contributed by atoms with Gasteiger partial charge in [0.1, 0.15) is 11.6 Å². The van der Waals surface area contributed by atoms with E-state index in [0.717, 1.165) is 41.2 Å². The average molecular weight is 401 g/mol. The Labute approximate surface area is 163 Å². The van der Waals surface area contributed by atoms with E-state index in [2.05, 4.69) is 15.5 Å². The first kappa shape index (κ1) is 19.5. The molecular weight excluding hydrogens is 385 g/mol. The fourth-order valence-electron chi connectivity index (χ4n) is 2.47. The van der Waals surface area contributed by atoms with Gasteiger partial charge in [0.2, 0.25) is 5.91 Å². The summed E-state index contributed by atoms with van der Waals surface area (Å²) in [6.45, 7) is 3.78. The van der Waals surface area contributed by atoms with Gasteiger partial charge < -0.3 is 5.32 Å². The van der Waals surface area contributed by atoms with Crippen LogP contribution in [0.5, 0.6) is 0 Å². The van der Waals surface area contributed by atoms with Crippen molar-refractivity contribution in [1.82, 2.24) is 14.8 Å². The minimum absolute atomic E-state index is 0.0634. The van der Waals surface area contributed by atoms with E-state index >= 15 is 0 Å². The number of carbonyl (C=O) groups is 1. The molecule has 1 amide bonds. The van der Waals surface area contributed by atoms with E-state index in [0.29, 0.717) is 11.0 Å². The molecule has 10 heteroatoms. The van der Waals surface area contributed by atoms with E-state index in [1.165, 1.54) is 0 Å². The summed E-state index contributed by atoms with van der Waals surface area (Å²) in [5.41, 5.74) is 1.43. The van der Waals surface area contributed by atoms with E-state index in [1.807, 2.05) is 35.8 Å². The Morgan fingerprint density at radius 2 is 1.93 bits per heavy atom. The van der Waals surface area contributed by atoms with Gasteiger partial charge in [0, 0.05) is 17.8 Å². The van der Waals surface area contributed by atoms with Crippen LogP contribution < -0.4 is 5.32 Å². The maximum Gasteiger partial charge on any atom is 0.271 e. The lowest BCUT2D eigenvalue weighted by Gasteiger charge is -2.09. The molecule has 0 bridgehead atoms. The Morgan fingerprint density at radius 3 is 2.61 bits per heavy atom. The molecule has 28 heavy (non-hydrogen) atoms. The fraction of sp³-hybridized carbons (Fsp3) is 0.167. The smallest absolute Gasteiger partial charge is 0.271 e. The van der Waals surface area contributed by atoms with Crippen molar-refractivity contribution in [3.8, 4) is 5.69 Å². The molecule has 1 aromatic heterocycles. The molecular formula is C18H16FN5O3S. The second-order valence-electron chi connectivity index (χ2n) is 5.96. The number of anilines is 1. The van der Waals surface area contributed by atoms with Crippen LogP contribution in [0.3, 0.4) is 0 Å². The Hall–Kier alpha value is -3.27. The van der Waals surface area contributed by atoms with Crippen LogP contribution in [0.15, 0.2) is 47.6 Å². The maximum absolute atomic E-state index is 13.8. The number of aryl methyl sites for hydroxylation is 2. The number of rotatable bonds is 6. The summed E-state index contributed by atoms with van der Waals surface area (Å²) >= 11 is 1.13. The lowest BCUT2D eigenvalue weighted by Crippen LogP contribution is -2.15. The Kier molecular flexibility index (Phi) is 5.69. The fourth-order valence-corrected chi connectivity index (χ4v) is 3.26. The van der Waals surface area contributed by atoms with Crippen molar-refractivity contribution in [2.24, 2.45) is 0 Å². The molecule has 0 aliphatic rings. The van der Waals surface area contributed by atoms with E-state index in [9.17, 15) is 19.3 Å². The van der Waals surface area contributed by atoms with Crippen LogP contribution in [0, 0.1) is 29.8 Å². The molecule has 0 spiro atoms. The zero-order valence-corrected chi connectivity index (χ0v) is 15.9. The molecule has 0 saturated carbocycles. The number of halogens is 1. The van der Waals surface area contributed by atoms with Gasteiger partial charge in [-0.05, 0) is 32.0 Å². The lowest BCUT2D eigenvalue weighted by molar-refractivity contribution is -0.384. The Morgan fingerprint density at radius 1 is 1.21 bits per heavy atom. The van der Waals surface area contributed by atoms with Crippen LogP contribution in [-0.4, -0.2) is 31.3 Å². The van der Waals surface area contributed by atoms with E-state index in [-0.39, 0.29) is 17.1 Å². The van der Waals surface area contributed by atoms with Crippen molar-refractivity contribution in [3.63, 3.8) is 0 Å². The van der Waals surface area contributed by atoms with Crippen molar-refractivity contribution in [3.05, 3.63) is 69.8 Å². The van der Waals surface area contributed by atoms with Crippen LogP contribution in [0.4, 0.5) is 15.8 Å². The topological polar surface area (TPSA) is 103 Å². The number of thioether (sulfide) groups is 1. The van der Waals surface area contributed by atoms with Crippen LogP contribution in [0.2, 0.25) is 0 Å². The molecule has 1 N–H and O–H groups in total. The SMILES string of the molecule is Cc1ccc(-n2c(C)nnc2SCC(=O)Nc2cc([N+](=O)[O-])ccc2F)cc1.